The van der Waals surface area contributed by atoms with Gasteiger partial charge >= 0.3 is 0 Å². The van der Waals surface area contributed by atoms with Crippen LogP contribution in [-0.2, 0) is 9.53 Å². The van der Waals surface area contributed by atoms with Crippen LogP contribution in [0.5, 0.6) is 0 Å². The summed E-state index contributed by atoms with van der Waals surface area (Å²) >= 11 is 0. The van der Waals surface area contributed by atoms with E-state index in [1.807, 2.05) is 9.80 Å². The van der Waals surface area contributed by atoms with Crippen LogP contribution in [0.2, 0.25) is 0 Å². The molecule has 15 heteroatoms. The second-order valence-electron chi connectivity index (χ2n) is 9.83. The molecule has 0 aromatic carbocycles. The smallest absolute Gasteiger partial charge is 0.281 e. The molecule has 4 N–H and O–H groups in total. The Morgan fingerprint density at radius 2 is 1.69 bits per heavy atom. The van der Waals surface area contributed by atoms with Gasteiger partial charge in [-0.1, -0.05) is 0 Å². The van der Waals surface area contributed by atoms with Crippen LogP contribution in [0.4, 0.5) is 26.6 Å². The van der Waals surface area contributed by atoms with Gasteiger partial charge in [0, 0.05) is 64.5 Å². The van der Waals surface area contributed by atoms with Crippen LogP contribution < -0.4 is 26.2 Å². The highest BCUT2D eigenvalue weighted by Crippen LogP contribution is 2.30. The molecular weight excluding hydrogens is 512 g/mol. The Hall–Kier alpha value is -3.30. The summed E-state index contributed by atoms with van der Waals surface area (Å²) in [5.41, 5.74) is 5.09. The summed E-state index contributed by atoms with van der Waals surface area (Å²) in [6.07, 6.45) is 0.136. The third-order valence-electron chi connectivity index (χ3n) is 7.28. The van der Waals surface area contributed by atoms with Crippen molar-refractivity contribution in [3.05, 3.63) is 11.9 Å². The van der Waals surface area contributed by atoms with E-state index in [4.69, 9.17) is 15.5 Å². The van der Waals surface area contributed by atoms with Gasteiger partial charge in [0.1, 0.15) is 5.69 Å². The average Bonchev–Trinajstić information content (AvgIpc) is 2.98. The lowest BCUT2D eigenvalue weighted by Gasteiger charge is -2.35. The fourth-order valence-electron chi connectivity index (χ4n) is 5.01. The number of hydrogen-bond donors (Lipinski definition) is 3. The number of morpholine rings is 1. The second kappa shape index (κ2) is 12.7. The molecule has 3 fully saturated rings. The van der Waals surface area contributed by atoms with E-state index in [-0.39, 0.29) is 29.2 Å². The second-order valence-corrected chi connectivity index (χ2v) is 9.83. The molecule has 2 aromatic rings. The van der Waals surface area contributed by atoms with Crippen molar-refractivity contribution in [3.8, 4) is 11.4 Å². The molecule has 3 aliphatic rings. The topological polar surface area (TPSA) is 151 Å². The zero-order valence-corrected chi connectivity index (χ0v) is 21.9. The molecule has 0 radical (unpaired) electrons. The van der Waals surface area contributed by atoms with Gasteiger partial charge in [0.2, 0.25) is 23.8 Å². The van der Waals surface area contributed by atoms with Crippen molar-refractivity contribution in [2.24, 2.45) is 5.92 Å². The first-order valence-electron chi connectivity index (χ1n) is 13.4. The third-order valence-corrected chi connectivity index (χ3v) is 7.28. The van der Waals surface area contributed by atoms with E-state index in [2.05, 4.69) is 35.5 Å². The van der Waals surface area contributed by atoms with E-state index in [1.54, 1.807) is 0 Å². The number of hydrogen-bond acceptors (Lipinski definition) is 12. The van der Waals surface area contributed by atoms with Gasteiger partial charge in [-0.2, -0.15) is 15.0 Å². The van der Waals surface area contributed by atoms with E-state index in [0.717, 1.165) is 45.6 Å². The zero-order valence-electron chi connectivity index (χ0n) is 21.9. The zero-order chi connectivity index (χ0) is 27.2. The van der Waals surface area contributed by atoms with E-state index in [0.29, 0.717) is 57.8 Å². The first kappa shape index (κ1) is 27.3. The maximum Gasteiger partial charge on any atom is 0.281 e. The van der Waals surface area contributed by atoms with E-state index in [9.17, 15) is 13.6 Å². The van der Waals surface area contributed by atoms with Crippen LogP contribution in [0.15, 0.2) is 6.20 Å². The van der Waals surface area contributed by atoms with Crippen LogP contribution >= 0.6 is 0 Å². The molecule has 212 valence electrons. The number of halogens is 2. The third kappa shape index (κ3) is 6.83. The molecule has 39 heavy (non-hydrogen) atoms. The number of carbonyl (C=O) groups excluding carboxylic acids is 1. The first-order valence-corrected chi connectivity index (χ1v) is 13.4. The van der Waals surface area contributed by atoms with Crippen molar-refractivity contribution in [2.45, 2.75) is 19.3 Å². The lowest BCUT2D eigenvalue weighted by atomic mass is 9.97. The maximum atomic E-state index is 13.8. The molecule has 5 rings (SSSR count). The van der Waals surface area contributed by atoms with Crippen molar-refractivity contribution in [1.29, 1.82) is 0 Å². The maximum absolute atomic E-state index is 13.8. The van der Waals surface area contributed by atoms with Gasteiger partial charge in [-0.15, -0.1) is 0 Å². The molecule has 0 aliphatic carbocycles. The number of ether oxygens (including phenoxy) is 1. The molecule has 0 bridgehead atoms. The minimum absolute atomic E-state index is 0.0282. The van der Waals surface area contributed by atoms with Gasteiger partial charge in [0.15, 0.2) is 5.82 Å². The molecule has 3 aliphatic heterocycles. The van der Waals surface area contributed by atoms with Crippen LogP contribution in [0.1, 0.15) is 25.0 Å². The van der Waals surface area contributed by atoms with Gasteiger partial charge in [0.25, 0.3) is 6.43 Å². The monoisotopic (exact) mass is 547 g/mol. The van der Waals surface area contributed by atoms with Gasteiger partial charge in [-0.3, -0.25) is 9.69 Å². The van der Waals surface area contributed by atoms with Crippen molar-refractivity contribution < 1.29 is 18.3 Å². The Morgan fingerprint density at radius 3 is 2.36 bits per heavy atom. The number of nitrogens with zero attached hydrogens (tertiary/aromatic N) is 8. The number of aromatic nitrogens is 5. The molecule has 0 spiro atoms. The van der Waals surface area contributed by atoms with Crippen molar-refractivity contribution in [3.63, 3.8) is 0 Å². The summed E-state index contributed by atoms with van der Waals surface area (Å²) in [7, 11) is 0. The van der Waals surface area contributed by atoms with Crippen molar-refractivity contribution in [1.82, 2.24) is 40.5 Å². The molecule has 0 atom stereocenters. The normalized spacial score (nSPS) is 19.5. The summed E-state index contributed by atoms with van der Waals surface area (Å²) in [5.74, 6) is 0.896. The average molecular weight is 548 g/mol. The molecule has 13 nitrogen and oxygen atoms in total. The van der Waals surface area contributed by atoms with Crippen LogP contribution in [-0.4, -0.2) is 114 Å². The number of anilines is 3. The minimum Gasteiger partial charge on any atom is -0.378 e. The van der Waals surface area contributed by atoms with Gasteiger partial charge in [-0.05, 0) is 25.9 Å². The highest BCUT2D eigenvalue weighted by Gasteiger charge is 2.26. The van der Waals surface area contributed by atoms with E-state index in [1.165, 1.54) is 6.20 Å². The number of rotatable bonds is 8. The predicted octanol–water partition coefficient (Wildman–Crippen LogP) is -0.0772. The number of piperazine rings is 1. The lowest BCUT2D eigenvalue weighted by molar-refractivity contribution is -0.125. The molecule has 1 amide bonds. The number of amides is 1. The summed E-state index contributed by atoms with van der Waals surface area (Å²) in [6.45, 7) is 8.16. The number of nitrogen functional groups attached to an aromatic ring is 1. The summed E-state index contributed by atoms with van der Waals surface area (Å²) in [5, 5.41) is 6.36. The first-order chi connectivity index (χ1) is 19.0. The summed E-state index contributed by atoms with van der Waals surface area (Å²) in [6, 6.07) is 0. The SMILES string of the molecule is Nc1ncc(-c2nc(N3CCOCC3)nc(N3CCN(CCNC(=O)C4CCNCC4)CC3)n2)c(C(F)F)n1. The molecular formula is C24H35F2N11O2. The molecule has 3 saturated heterocycles. The van der Waals surface area contributed by atoms with Gasteiger partial charge in [-0.25, -0.2) is 18.7 Å². The number of nitrogens with one attached hydrogen (secondary N) is 2. The largest absolute Gasteiger partial charge is 0.378 e. The Kier molecular flexibility index (Phi) is 8.88. The highest BCUT2D eigenvalue weighted by atomic mass is 19.3. The van der Waals surface area contributed by atoms with Crippen molar-refractivity contribution >= 4 is 23.8 Å². The Bertz CT molecular complexity index is 1120. The van der Waals surface area contributed by atoms with E-state index < -0.39 is 12.1 Å². The number of alkyl halides is 2. The highest BCUT2D eigenvalue weighted by molar-refractivity contribution is 5.78. The molecule has 5 heterocycles. The van der Waals surface area contributed by atoms with Crippen LogP contribution in [0, 0.1) is 5.92 Å². The fraction of sp³-hybridized carbons (Fsp3) is 0.667. The molecule has 0 unspecified atom stereocenters. The predicted molar refractivity (Wildman–Crippen MR) is 141 cm³/mol. The van der Waals surface area contributed by atoms with Gasteiger partial charge in [0.05, 0.1) is 18.8 Å². The Morgan fingerprint density at radius 1 is 1.03 bits per heavy atom. The quantitative estimate of drug-likeness (QED) is 0.406. The Balaban J connectivity index is 1.27. The van der Waals surface area contributed by atoms with Crippen LogP contribution in [0.3, 0.4) is 0 Å². The number of piperidine rings is 1. The lowest BCUT2D eigenvalue weighted by Crippen LogP contribution is -2.49. The van der Waals surface area contributed by atoms with Gasteiger partial charge < -0.3 is 30.9 Å². The fourth-order valence-corrected chi connectivity index (χ4v) is 5.01. The van der Waals surface area contributed by atoms with E-state index >= 15 is 0 Å². The molecule has 2 aromatic heterocycles. The molecule has 0 saturated carbocycles. The minimum atomic E-state index is -2.86. The Labute approximate surface area is 225 Å². The standard InChI is InChI=1S/C24H35F2N11O2/c25-19(26)18-17(15-30-22(27)31-18)20-32-23(34-24(33-20)37-11-13-39-14-12-37)36-9-7-35(8-10-36)6-5-29-21(38)16-1-3-28-4-2-16/h15-16,19,28H,1-14H2,(H,29,38)(H2,27,30,31). The number of nitrogens with two attached hydrogens (primary N) is 1. The summed E-state index contributed by atoms with van der Waals surface area (Å²) < 4.78 is 33.1. The van der Waals surface area contributed by atoms with Crippen LogP contribution in [0.25, 0.3) is 11.4 Å². The van der Waals surface area contributed by atoms with Crippen molar-refractivity contribution in [2.75, 3.05) is 94.2 Å². The number of carbonyl (C=O) groups is 1. The summed E-state index contributed by atoms with van der Waals surface area (Å²) in [4.78, 5) is 40.1.